The Balaban J connectivity index is 2.62. The van der Waals surface area contributed by atoms with E-state index in [1.165, 1.54) is 6.92 Å². The molecule has 0 spiro atoms. The number of carbonyl (C=O) groups is 1. The Bertz CT molecular complexity index is 251. The van der Waals surface area contributed by atoms with Gasteiger partial charge in [0.2, 0.25) is 0 Å². The number of hydrogen-bond donors (Lipinski definition) is 0. The molecule has 0 amide bonds. The normalized spacial score (nSPS) is 12.5. The molecule has 0 aliphatic heterocycles. The fourth-order valence-electron chi connectivity index (χ4n) is 1.21. The lowest BCUT2D eigenvalue weighted by Gasteiger charge is -2.13. The zero-order valence-corrected chi connectivity index (χ0v) is 7.95. The number of furan rings is 1. The van der Waals surface area contributed by atoms with Crippen LogP contribution in [0.2, 0.25) is 0 Å². The molecular weight excluding hydrogens is 168 g/mol. The number of hydrogen-bond acceptors (Lipinski definition) is 3. The highest BCUT2D eigenvalue weighted by Crippen LogP contribution is 2.22. The third kappa shape index (κ3) is 2.93. The van der Waals surface area contributed by atoms with Gasteiger partial charge in [-0.1, -0.05) is 13.3 Å². The van der Waals surface area contributed by atoms with E-state index in [0.717, 1.165) is 18.4 Å². The molecule has 0 saturated carbocycles. The van der Waals surface area contributed by atoms with Gasteiger partial charge in [0.1, 0.15) is 6.10 Å². The van der Waals surface area contributed by atoms with E-state index in [1.807, 2.05) is 6.07 Å². The molecule has 0 N–H and O–H groups in total. The Morgan fingerprint density at radius 3 is 2.92 bits per heavy atom. The van der Waals surface area contributed by atoms with E-state index >= 15 is 0 Å². The van der Waals surface area contributed by atoms with Crippen LogP contribution in [0.1, 0.15) is 38.4 Å². The number of carbonyl (C=O) groups excluding carboxylic acids is 1. The average Bonchev–Trinajstić information content (AvgIpc) is 2.54. The van der Waals surface area contributed by atoms with Crippen molar-refractivity contribution >= 4 is 5.97 Å². The fraction of sp³-hybridized carbons (Fsp3) is 0.500. The average molecular weight is 182 g/mol. The van der Waals surface area contributed by atoms with Crippen LogP contribution in [0.15, 0.2) is 23.0 Å². The van der Waals surface area contributed by atoms with Gasteiger partial charge in [-0.05, 0) is 12.5 Å². The maximum Gasteiger partial charge on any atom is 0.303 e. The monoisotopic (exact) mass is 182 g/mol. The summed E-state index contributed by atoms with van der Waals surface area (Å²) in [5.41, 5.74) is 0.928. The van der Waals surface area contributed by atoms with Crippen LogP contribution in [0, 0.1) is 0 Å². The summed E-state index contributed by atoms with van der Waals surface area (Å²) in [6.45, 7) is 3.47. The van der Waals surface area contributed by atoms with E-state index in [-0.39, 0.29) is 12.1 Å². The lowest BCUT2D eigenvalue weighted by atomic mass is 10.1. The van der Waals surface area contributed by atoms with E-state index in [2.05, 4.69) is 6.92 Å². The molecule has 0 bridgehead atoms. The molecule has 1 rings (SSSR count). The van der Waals surface area contributed by atoms with Gasteiger partial charge < -0.3 is 9.15 Å². The van der Waals surface area contributed by atoms with Gasteiger partial charge in [-0.2, -0.15) is 0 Å². The zero-order valence-electron chi connectivity index (χ0n) is 7.95. The summed E-state index contributed by atoms with van der Waals surface area (Å²) in [5, 5.41) is 0. The minimum atomic E-state index is -0.250. The highest BCUT2D eigenvalue weighted by Gasteiger charge is 2.14. The molecule has 0 aliphatic carbocycles. The van der Waals surface area contributed by atoms with E-state index in [9.17, 15) is 4.79 Å². The van der Waals surface area contributed by atoms with E-state index in [0.29, 0.717) is 0 Å². The summed E-state index contributed by atoms with van der Waals surface area (Å²) in [5.74, 6) is -0.250. The van der Waals surface area contributed by atoms with Gasteiger partial charge in [0.25, 0.3) is 0 Å². The Morgan fingerprint density at radius 1 is 1.69 bits per heavy atom. The first-order valence-corrected chi connectivity index (χ1v) is 4.43. The third-order valence-corrected chi connectivity index (χ3v) is 1.77. The van der Waals surface area contributed by atoms with Gasteiger partial charge in [0.15, 0.2) is 0 Å². The van der Waals surface area contributed by atoms with E-state index in [1.54, 1.807) is 12.5 Å². The van der Waals surface area contributed by atoms with Crippen molar-refractivity contribution in [3.8, 4) is 0 Å². The van der Waals surface area contributed by atoms with Crippen molar-refractivity contribution in [2.75, 3.05) is 0 Å². The van der Waals surface area contributed by atoms with Gasteiger partial charge in [-0.25, -0.2) is 0 Å². The minimum Gasteiger partial charge on any atom is -0.472 e. The van der Waals surface area contributed by atoms with Gasteiger partial charge in [-0.15, -0.1) is 0 Å². The SMILES string of the molecule is CCCC(OC(C)=O)c1ccoc1. The Labute approximate surface area is 77.7 Å². The van der Waals surface area contributed by atoms with Crippen LogP contribution in [0.25, 0.3) is 0 Å². The largest absolute Gasteiger partial charge is 0.472 e. The van der Waals surface area contributed by atoms with Crippen LogP contribution in [0.5, 0.6) is 0 Å². The molecule has 0 fully saturated rings. The summed E-state index contributed by atoms with van der Waals surface area (Å²) in [6.07, 6.45) is 4.86. The molecule has 1 unspecified atom stereocenters. The van der Waals surface area contributed by atoms with Crippen molar-refractivity contribution in [2.24, 2.45) is 0 Å². The predicted octanol–water partition coefficient (Wildman–Crippen LogP) is 2.68. The number of rotatable bonds is 4. The molecule has 1 aromatic heterocycles. The Hall–Kier alpha value is -1.25. The van der Waals surface area contributed by atoms with E-state index < -0.39 is 0 Å². The Kier molecular flexibility index (Phi) is 3.55. The highest BCUT2D eigenvalue weighted by molar-refractivity contribution is 5.66. The van der Waals surface area contributed by atoms with Crippen molar-refractivity contribution in [1.29, 1.82) is 0 Å². The standard InChI is InChI=1S/C10H14O3/c1-3-4-10(13-8(2)11)9-5-6-12-7-9/h5-7,10H,3-4H2,1-2H3. The smallest absolute Gasteiger partial charge is 0.303 e. The van der Waals surface area contributed by atoms with Crippen LogP contribution in [0.4, 0.5) is 0 Å². The molecule has 3 nitrogen and oxygen atoms in total. The second-order valence-electron chi connectivity index (χ2n) is 2.94. The quantitative estimate of drug-likeness (QED) is 0.672. The molecule has 3 heteroatoms. The fourth-order valence-corrected chi connectivity index (χ4v) is 1.21. The predicted molar refractivity (Wildman–Crippen MR) is 48.1 cm³/mol. The lowest BCUT2D eigenvalue weighted by molar-refractivity contribution is -0.147. The van der Waals surface area contributed by atoms with Gasteiger partial charge in [0, 0.05) is 12.5 Å². The minimum absolute atomic E-state index is 0.152. The summed E-state index contributed by atoms with van der Waals surface area (Å²) in [6, 6.07) is 1.82. The van der Waals surface area contributed by atoms with Gasteiger partial charge >= 0.3 is 5.97 Å². The summed E-state index contributed by atoms with van der Waals surface area (Å²) < 4.78 is 10.1. The molecule has 72 valence electrons. The van der Waals surface area contributed by atoms with Crippen molar-refractivity contribution in [2.45, 2.75) is 32.8 Å². The Morgan fingerprint density at radius 2 is 2.46 bits per heavy atom. The van der Waals surface area contributed by atoms with Crippen LogP contribution in [-0.2, 0) is 9.53 Å². The summed E-state index contributed by atoms with van der Waals surface area (Å²) in [7, 11) is 0. The van der Waals surface area contributed by atoms with Crippen LogP contribution >= 0.6 is 0 Å². The molecule has 1 atom stereocenters. The number of ether oxygens (including phenoxy) is 1. The molecule has 0 aromatic carbocycles. The molecule has 13 heavy (non-hydrogen) atoms. The second kappa shape index (κ2) is 4.70. The number of esters is 1. The summed E-state index contributed by atoms with van der Waals surface area (Å²) in [4.78, 5) is 10.8. The van der Waals surface area contributed by atoms with Crippen LogP contribution < -0.4 is 0 Å². The van der Waals surface area contributed by atoms with Gasteiger partial charge in [-0.3, -0.25) is 4.79 Å². The van der Waals surface area contributed by atoms with Crippen molar-refractivity contribution < 1.29 is 13.9 Å². The maximum atomic E-state index is 10.8. The second-order valence-corrected chi connectivity index (χ2v) is 2.94. The van der Waals surface area contributed by atoms with Crippen LogP contribution in [-0.4, -0.2) is 5.97 Å². The molecule has 0 aliphatic rings. The first kappa shape index (κ1) is 9.84. The molecule has 0 saturated heterocycles. The van der Waals surface area contributed by atoms with Crippen molar-refractivity contribution in [3.63, 3.8) is 0 Å². The third-order valence-electron chi connectivity index (χ3n) is 1.77. The first-order valence-electron chi connectivity index (χ1n) is 4.43. The highest BCUT2D eigenvalue weighted by atomic mass is 16.5. The van der Waals surface area contributed by atoms with Crippen molar-refractivity contribution in [1.82, 2.24) is 0 Å². The molecular formula is C10H14O3. The summed E-state index contributed by atoms with van der Waals surface area (Å²) >= 11 is 0. The maximum absolute atomic E-state index is 10.8. The zero-order chi connectivity index (χ0) is 9.68. The topological polar surface area (TPSA) is 39.4 Å². The molecule has 1 heterocycles. The first-order chi connectivity index (χ1) is 6.24. The van der Waals surface area contributed by atoms with Crippen LogP contribution in [0.3, 0.4) is 0 Å². The van der Waals surface area contributed by atoms with E-state index in [4.69, 9.17) is 9.15 Å². The lowest BCUT2D eigenvalue weighted by Crippen LogP contribution is -2.07. The van der Waals surface area contributed by atoms with Gasteiger partial charge in [0.05, 0.1) is 12.5 Å². The molecule has 1 aromatic rings. The molecule has 0 radical (unpaired) electrons. The van der Waals surface area contributed by atoms with Crippen molar-refractivity contribution in [3.05, 3.63) is 24.2 Å².